The van der Waals surface area contributed by atoms with Crippen molar-refractivity contribution in [2.75, 3.05) is 39.3 Å². The van der Waals surface area contributed by atoms with Gasteiger partial charge in [0.05, 0.1) is 19.3 Å². The molecule has 1 fully saturated rings. The van der Waals surface area contributed by atoms with Crippen molar-refractivity contribution in [3.05, 3.63) is 22.4 Å². The number of ether oxygens (including phenoxy) is 1. The van der Waals surface area contributed by atoms with Crippen LogP contribution in [0.2, 0.25) is 0 Å². The van der Waals surface area contributed by atoms with Crippen molar-refractivity contribution in [2.24, 2.45) is 0 Å². The predicted molar refractivity (Wildman–Crippen MR) is 78.5 cm³/mol. The molecule has 0 radical (unpaired) electrons. The van der Waals surface area contributed by atoms with Gasteiger partial charge in [0, 0.05) is 24.5 Å². The van der Waals surface area contributed by atoms with E-state index in [1.54, 1.807) is 11.3 Å². The number of thiophene rings is 1. The van der Waals surface area contributed by atoms with Crippen molar-refractivity contribution < 1.29 is 9.84 Å². The van der Waals surface area contributed by atoms with Crippen molar-refractivity contribution in [1.82, 2.24) is 10.2 Å². The number of nitrogens with zero attached hydrogens (tertiary/aromatic N) is 1. The van der Waals surface area contributed by atoms with Crippen molar-refractivity contribution in [3.8, 4) is 0 Å². The van der Waals surface area contributed by atoms with E-state index in [1.165, 1.54) is 30.8 Å². The molecule has 108 valence electrons. The molecular weight excluding hydrogens is 260 g/mol. The largest absolute Gasteiger partial charge is 0.389 e. The third-order valence-corrected chi connectivity index (χ3v) is 4.17. The smallest absolute Gasteiger partial charge is 0.0897 e. The summed E-state index contributed by atoms with van der Waals surface area (Å²) in [6.45, 7) is 6.10. The average Bonchev–Trinajstić information content (AvgIpc) is 3.07. The number of hydrogen-bond acceptors (Lipinski definition) is 5. The molecule has 0 amide bonds. The molecule has 0 spiro atoms. The zero-order chi connectivity index (χ0) is 13.3. The molecule has 2 rings (SSSR count). The van der Waals surface area contributed by atoms with E-state index in [0.717, 1.165) is 13.1 Å². The molecule has 0 aromatic carbocycles. The zero-order valence-electron chi connectivity index (χ0n) is 11.4. The highest BCUT2D eigenvalue weighted by atomic mass is 32.1. The summed E-state index contributed by atoms with van der Waals surface area (Å²) in [5, 5.41) is 15.1. The van der Waals surface area contributed by atoms with E-state index in [-0.39, 0.29) is 0 Å². The Kier molecular flexibility index (Phi) is 6.81. The Labute approximate surface area is 119 Å². The van der Waals surface area contributed by atoms with Gasteiger partial charge in [-0.3, -0.25) is 0 Å². The maximum Gasteiger partial charge on any atom is 0.0897 e. The number of aliphatic hydroxyl groups is 1. The van der Waals surface area contributed by atoms with E-state index in [0.29, 0.717) is 19.8 Å². The monoisotopic (exact) mass is 284 g/mol. The standard InChI is InChI=1S/C14H24N2O2S/c17-13(11-18-12-14-4-3-9-19-14)10-15-5-8-16-6-1-2-7-16/h3-4,9,13,15,17H,1-2,5-8,10-12H2. The van der Waals surface area contributed by atoms with Crippen LogP contribution in [0.4, 0.5) is 0 Å². The molecule has 1 aromatic rings. The summed E-state index contributed by atoms with van der Waals surface area (Å²) in [5.41, 5.74) is 0. The van der Waals surface area contributed by atoms with Crippen molar-refractivity contribution in [2.45, 2.75) is 25.6 Å². The maximum atomic E-state index is 9.77. The van der Waals surface area contributed by atoms with E-state index in [1.807, 2.05) is 17.5 Å². The van der Waals surface area contributed by atoms with E-state index >= 15 is 0 Å². The molecule has 0 aliphatic carbocycles. The molecule has 19 heavy (non-hydrogen) atoms. The highest BCUT2D eigenvalue weighted by Gasteiger charge is 2.10. The summed E-state index contributed by atoms with van der Waals surface area (Å²) in [6.07, 6.45) is 2.25. The lowest BCUT2D eigenvalue weighted by Crippen LogP contribution is -2.35. The summed E-state index contributed by atoms with van der Waals surface area (Å²) in [7, 11) is 0. The first-order valence-corrected chi connectivity index (χ1v) is 7.94. The Morgan fingerprint density at radius 2 is 2.26 bits per heavy atom. The average molecular weight is 284 g/mol. The molecule has 0 saturated carbocycles. The van der Waals surface area contributed by atoms with Crippen molar-refractivity contribution in [3.63, 3.8) is 0 Å². The second-order valence-electron chi connectivity index (χ2n) is 5.00. The Hall–Kier alpha value is -0.460. The van der Waals surface area contributed by atoms with Crippen LogP contribution in [0.25, 0.3) is 0 Å². The predicted octanol–water partition coefficient (Wildman–Crippen LogP) is 1.31. The first kappa shape index (κ1) is 14.9. The fourth-order valence-corrected chi connectivity index (χ4v) is 2.90. The third kappa shape index (κ3) is 6.01. The van der Waals surface area contributed by atoms with Gasteiger partial charge < -0.3 is 20.1 Å². The van der Waals surface area contributed by atoms with Crippen LogP contribution >= 0.6 is 11.3 Å². The van der Waals surface area contributed by atoms with Crippen molar-refractivity contribution >= 4 is 11.3 Å². The lowest BCUT2D eigenvalue weighted by molar-refractivity contribution is 0.0297. The van der Waals surface area contributed by atoms with Crippen LogP contribution in [-0.4, -0.2) is 55.4 Å². The lowest BCUT2D eigenvalue weighted by atomic mass is 10.3. The number of rotatable bonds is 9. The molecule has 2 N–H and O–H groups in total. The summed E-state index contributed by atoms with van der Waals surface area (Å²) in [6, 6.07) is 4.06. The minimum absolute atomic E-state index is 0.397. The second-order valence-corrected chi connectivity index (χ2v) is 6.03. The van der Waals surface area contributed by atoms with Gasteiger partial charge >= 0.3 is 0 Å². The van der Waals surface area contributed by atoms with Gasteiger partial charge in [-0.15, -0.1) is 11.3 Å². The molecule has 1 atom stereocenters. The van der Waals surface area contributed by atoms with Crippen LogP contribution in [0.1, 0.15) is 17.7 Å². The quantitative estimate of drug-likeness (QED) is 0.671. The zero-order valence-corrected chi connectivity index (χ0v) is 12.2. The van der Waals surface area contributed by atoms with Crippen LogP contribution in [0, 0.1) is 0 Å². The third-order valence-electron chi connectivity index (χ3n) is 3.32. The number of likely N-dealkylation sites (tertiary alicyclic amines) is 1. The fourth-order valence-electron chi connectivity index (χ4n) is 2.26. The summed E-state index contributed by atoms with van der Waals surface area (Å²) >= 11 is 1.68. The van der Waals surface area contributed by atoms with E-state index in [2.05, 4.69) is 10.2 Å². The van der Waals surface area contributed by atoms with Gasteiger partial charge in [0.2, 0.25) is 0 Å². The lowest BCUT2D eigenvalue weighted by Gasteiger charge is -2.16. The van der Waals surface area contributed by atoms with Gasteiger partial charge in [-0.05, 0) is 37.4 Å². The summed E-state index contributed by atoms with van der Waals surface area (Å²) in [5.74, 6) is 0. The highest BCUT2D eigenvalue weighted by Crippen LogP contribution is 2.09. The Balaban J connectivity index is 1.44. The van der Waals surface area contributed by atoms with Gasteiger partial charge in [0.1, 0.15) is 0 Å². The minimum atomic E-state index is -0.418. The first-order chi connectivity index (χ1) is 9.34. The summed E-state index contributed by atoms with van der Waals surface area (Å²) < 4.78 is 5.48. The minimum Gasteiger partial charge on any atom is -0.389 e. The van der Waals surface area contributed by atoms with Gasteiger partial charge in [-0.2, -0.15) is 0 Å². The molecule has 1 aliphatic heterocycles. The SMILES string of the molecule is OC(CNCCN1CCCC1)COCc1cccs1. The van der Waals surface area contributed by atoms with Crippen LogP contribution in [0.5, 0.6) is 0 Å². The molecule has 4 nitrogen and oxygen atoms in total. The van der Waals surface area contributed by atoms with Gasteiger partial charge in [-0.1, -0.05) is 6.07 Å². The molecule has 1 aromatic heterocycles. The topological polar surface area (TPSA) is 44.7 Å². The Bertz CT molecular complexity index is 326. The number of hydrogen-bond donors (Lipinski definition) is 2. The molecule has 1 aliphatic rings. The van der Waals surface area contributed by atoms with E-state index in [9.17, 15) is 5.11 Å². The first-order valence-electron chi connectivity index (χ1n) is 7.06. The molecular formula is C14H24N2O2S. The number of aliphatic hydroxyl groups excluding tert-OH is 1. The van der Waals surface area contributed by atoms with Crippen LogP contribution in [0.15, 0.2) is 17.5 Å². The molecule has 1 saturated heterocycles. The highest BCUT2D eigenvalue weighted by molar-refractivity contribution is 7.09. The van der Waals surface area contributed by atoms with Crippen LogP contribution in [-0.2, 0) is 11.3 Å². The van der Waals surface area contributed by atoms with Gasteiger partial charge in [0.25, 0.3) is 0 Å². The molecule has 2 heterocycles. The van der Waals surface area contributed by atoms with Crippen molar-refractivity contribution in [1.29, 1.82) is 0 Å². The maximum absolute atomic E-state index is 9.77. The van der Waals surface area contributed by atoms with Crippen LogP contribution in [0.3, 0.4) is 0 Å². The van der Waals surface area contributed by atoms with E-state index in [4.69, 9.17) is 4.74 Å². The Morgan fingerprint density at radius 3 is 3.00 bits per heavy atom. The van der Waals surface area contributed by atoms with Gasteiger partial charge in [0.15, 0.2) is 0 Å². The normalized spacial score (nSPS) is 17.9. The molecule has 5 heteroatoms. The molecule has 1 unspecified atom stereocenters. The fraction of sp³-hybridized carbons (Fsp3) is 0.714. The van der Waals surface area contributed by atoms with E-state index < -0.39 is 6.10 Å². The summed E-state index contributed by atoms with van der Waals surface area (Å²) in [4.78, 5) is 3.67. The van der Waals surface area contributed by atoms with Crippen LogP contribution < -0.4 is 5.32 Å². The van der Waals surface area contributed by atoms with Gasteiger partial charge in [-0.25, -0.2) is 0 Å². The Morgan fingerprint density at radius 1 is 1.42 bits per heavy atom. The second kappa shape index (κ2) is 8.66. The molecule has 0 bridgehead atoms. The number of nitrogens with one attached hydrogen (secondary N) is 1.